The van der Waals surface area contributed by atoms with Crippen molar-refractivity contribution in [3.8, 4) is 0 Å². The molecule has 0 spiro atoms. The van der Waals surface area contributed by atoms with Gasteiger partial charge >= 0.3 is 0 Å². The van der Waals surface area contributed by atoms with E-state index in [1.54, 1.807) is 18.2 Å². The van der Waals surface area contributed by atoms with Crippen molar-refractivity contribution in [3.05, 3.63) is 88.4 Å². The molecule has 2 aromatic carbocycles. The van der Waals surface area contributed by atoms with E-state index >= 15 is 0 Å². The number of rotatable bonds is 7. The van der Waals surface area contributed by atoms with Crippen LogP contribution >= 0.6 is 28.1 Å². The quantitative estimate of drug-likeness (QED) is 0.273. The molecule has 35 heavy (non-hydrogen) atoms. The van der Waals surface area contributed by atoms with Crippen molar-refractivity contribution in [2.45, 2.75) is 25.3 Å². The number of hydrogen-bond acceptors (Lipinski definition) is 6. The maximum atomic E-state index is 12.5. The third kappa shape index (κ3) is 6.21. The Labute approximate surface area is 217 Å². The third-order valence-electron chi connectivity index (χ3n) is 5.02. The average Bonchev–Trinajstić information content (AvgIpc) is 3.06. The average molecular weight is 573 g/mol. The molecule has 0 unspecified atom stereocenters. The van der Waals surface area contributed by atoms with E-state index in [4.69, 9.17) is 12.2 Å². The minimum Gasteiger partial charge on any atom is -0.332 e. The second-order valence-electron chi connectivity index (χ2n) is 7.62. The number of aromatic nitrogens is 4. The van der Waals surface area contributed by atoms with Crippen LogP contribution in [0.25, 0.3) is 0 Å². The van der Waals surface area contributed by atoms with Gasteiger partial charge in [-0.15, -0.1) is 0 Å². The lowest BCUT2D eigenvalue weighted by atomic mass is 10.2. The Morgan fingerprint density at radius 2 is 1.69 bits per heavy atom. The summed E-state index contributed by atoms with van der Waals surface area (Å²) in [6, 6.07) is 15.7. The first kappa shape index (κ1) is 24.8. The summed E-state index contributed by atoms with van der Waals surface area (Å²) < 4.78 is 30.3. The molecule has 0 aliphatic carbocycles. The third-order valence-corrected chi connectivity index (χ3v) is 7.72. The van der Waals surface area contributed by atoms with Crippen molar-refractivity contribution in [1.82, 2.24) is 19.7 Å². The molecule has 0 bridgehead atoms. The number of nitrogens with zero attached hydrogens (tertiary/aromatic N) is 4. The Bertz CT molecular complexity index is 1460. The predicted molar refractivity (Wildman–Crippen MR) is 144 cm³/mol. The zero-order valence-electron chi connectivity index (χ0n) is 18.9. The van der Waals surface area contributed by atoms with Crippen LogP contribution in [0, 0.1) is 13.8 Å². The maximum Gasteiger partial charge on any atom is 0.264 e. The fraction of sp³-hybridized carbons (Fsp3) is 0.130. The molecule has 0 atom stereocenters. The number of benzene rings is 2. The van der Waals surface area contributed by atoms with Gasteiger partial charge in [0.1, 0.15) is 0 Å². The maximum absolute atomic E-state index is 12.5. The van der Waals surface area contributed by atoms with Gasteiger partial charge in [-0.1, -0.05) is 12.1 Å². The summed E-state index contributed by atoms with van der Waals surface area (Å²) in [7, 11) is -3.80. The van der Waals surface area contributed by atoms with E-state index in [1.165, 1.54) is 24.5 Å². The second-order valence-corrected chi connectivity index (χ2v) is 10.5. The van der Waals surface area contributed by atoms with Crippen LogP contribution in [0.3, 0.4) is 0 Å². The first-order chi connectivity index (χ1) is 16.7. The summed E-state index contributed by atoms with van der Waals surface area (Å²) in [6.45, 7) is 4.62. The molecule has 0 saturated carbocycles. The van der Waals surface area contributed by atoms with E-state index in [0.29, 0.717) is 17.3 Å². The highest BCUT2D eigenvalue weighted by atomic mass is 79.9. The highest BCUT2D eigenvalue weighted by molar-refractivity contribution is 9.10. The van der Waals surface area contributed by atoms with Crippen LogP contribution in [0.1, 0.15) is 17.0 Å². The van der Waals surface area contributed by atoms with E-state index in [9.17, 15) is 8.42 Å². The van der Waals surface area contributed by atoms with E-state index in [1.807, 2.05) is 42.8 Å². The first-order valence-electron chi connectivity index (χ1n) is 10.5. The molecular weight excluding hydrogens is 550 g/mol. The van der Waals surface area contributed by atoms with Gasteiger partial charge in [-0.3, -0.25) is 4.68 Å². The van der Waals surface area contributed by atoms with Crippen molar-refractivity contribution in [3.63, 3.8) is 0 Å². The second kappa shape index (κ2) is 10.5. The normalized spacial score (nSPS) is 11.2. The van der Waals surface area contributed by atoms with Crippen LogP contribution in [0.4, 0.5) is 17.3 Å². The molecule has 0 aliphatic rings. The SMILES string of the molecule is Cc1nn(Cc2cccc(NC(=S)Nc3ccc(S(=O)(=O)Nc4ncccn4)cc3)c2)c(C)c1Br. The summed E-state index contributed by atoms with van der Waals surface area (Å²) in [4.78, 5) is 7.84. The number of anilines is 3. The standard InChI is InChI=1S/C23H22BrN7O2S2/c1-15-21(24)16(2)31(29-15)14-17-5-3-6-19(13-17)28-23(34)27-18-7-9-20(10-8-18)35(32,33)30-22-25-11-4-12-26-22/h3-13H,14H2,1-2H3,(H,25,26,30)(H2,27,28,34). The molecule has 0 amide bonds. The topological polar surface area (TPSA) is 114 Å². The lowest BCUT2D eigenvalue weighted by Crippen LogP contribution is -2.19. The van der Waals surface area contributed by atoms with Gasteiger partial charge in [0.15, 0.2) is 5.11 Å². The highest BCUT2D eigenvalue weighted by Crippen LogP contribution is 2.22. The molecule has 0 saturated heterocycles. The van der Waals surface area contributed by atoms with Crippen LogP contribution in [0.5, 0.6) is 0 Å². The first-order valence-corrected chi connectivity index (χ1v) is 13.2. The molecular formula is C23H22BrN7O2S2. The minimum absolute atomic E-state index is 0.00722. The fourth-order valence-corrected chi connectivity index (χ4v) is 4.77. The Balaban J connectivity index is 1.38. The summed E-state index contributed by atoms with van der Waals surface area (Å²) in [5, 5.41) is 11.2. The van der Waals surface area contributed by atoms with Crippen LogP contribution in [0.15, 0.2) is 76.4 Å². The summed E-state index contributed by atoms with van der Waals surface area (Å²) in [5.41, 5.74) is 4.55. The zero-order valence-corrected chi connectivity index (χ0v) is 22.1. The molecule has 9 nitrogen and oxygen atoms in total. The van der Waals surface area contributed by atoms with E-state index < -0.39 is 10.0 Å². The molecule has 4 rings (SSSR count). The number of aryl methyl sites for hydroxylation is 1. The van der Waals surface area contributed by atoms with Crippen LogP contribution in [-0.2, 0) is 16.6 Å². The minimum atomic E-state index is -3.80. The van der Waals surface area contributed by atoms with Crippen molar-refractivity contribution in [2.24, 2.45) is 0 Å². The molecule has 12 heteroatoms. The van der Waals surface area contributed by atoms with Crippen molar-refractivity contribution in [2.75, 3.05) is 15.4 Å². The molecule has 4 aromatic rings. The predicted octanol–water partition coefficient (Wildman–Crippen LogP) is 4.71. The highest BCUT2D eigenvalue weighted by Gasteiger charge is 2.15. The van der Waals surface area contributed by atoms with Gasteiger partial charge in [-0.2, -0.15) is 5.10 Å². The number of halogens is 1. The Morgan fingerprint density at radius 3 is 2.34 bits per heavy atom. The van der Waals surface area contributed by atoms with Crippen LogP contribution in [0.2, 0.25) is 0 Å². The Morgan fingerprint density at radius 1 is 1.00 bits per heavy atom. The lowest BCUT2D eigenvalue weighted by Gasteiger charge is -2.13. The summed E-state index contributed by atoms with van der Waals surface area (Å²) in [6.07, 6.45) is 2.92. The molecule has 180 valence electrons. The van der Waals surface area contributed by atoms with Gasteiger partial charge in [0, 0.05) is 23.8 Å². The van der Waals surface area contributed by atoms with Crippen molar-refractivity contribution in [1.29, 1.82) is 0 Å². The van der Waals surface area contributed by atoms with Gasteiger partial charge in [0.05, 0.1) is 27.3 Å². The van der Waals surface area contributed by atoms with Crippen LogP contribution in [-0.4, -0.2) is 33.3 Å². The van der Waals surface area contributed by atoms with Gasteiger partial charge in [0.2, 0.25) is 5.95 Å². The number of thiocarbonyl (C=S) groups is 1. The largest absolute Gasteiger partial charge is 0.332 e. The molecule has 0 aliphatic heterocycles. The fourth-order valence-electron chi connectivity index (χ4n) is 3.29. The number of nitrogens with one attached hydrogen (secondary N) is 3. The van der Waals surface area contributed by atoms with Gasteiger partial charge in [-0.25, -0.2) is 23.1 Å². The van der Waals surface area contributed by atoms with Crippen molar-refractivity contribution >= 4 is 60.6 Å². The Hall–Kier alpha value is -3.35. The monoisotopic (exact) mass is 571 g/mol. The van der Waals surface area contributed by atoms with Gasteiger partial charge < -0.3 is 10.6 Å². The molecule has 0 radical (unpaired) electrons. The molecule has 2 heterocycles. The van der Waals surface area contributed by atoms with Gasteiger partial charge in [-0.05, 0) is 90.0 Å². The van der Waals surface area contributed by atoms with Crippen LogP contribution < -0.4 is 15.4 Å². The smallest absolute Gasteiger partial charge is 0.264 e. The molecule has 2 aromatic heterocycles. The summed E-state index contributed by atoms with van der Waals surface area (Å²) >= 11 is 8.99. The number of sulfonamides is 1. The van der Waals surface area contributed by atoms with Gasteiger partial charge in [0.25, 0.3) is 10.0 Å². The summed E-state index contributed by atoms with van der Waals surface area (Å²) in [5.74, 6) is 0.00722. The van der Waals surface area contributed by atoms with Crippen molar-refractivity contribution < 1.29 is 8.42 Å². The Kier molecular flexibility index (Phi) is 7.43. The molecule has 3 N–H and O–H groups in total. The van der Waals surface area contributed by atoms with E-state index in [-0.39, 0.29) is 10.8 Å². The van der Waals surface area contributed by atoms with E-state index in [2.05, 4.69) is 46.4 Å². The lowest BCUT2D eigenvalue weighted by molar-refractivity contribution is 0.601. The van der Waals surface area contributed by atoms with E-state index in [0.717, 1.165) is 27.1 Å². The number of hydrogen-bond donors (Lipinski definition) is 3. The zero-order chi connectivity index (χ0) is 25.0. The molecule has 0 fully saturated rings.